The Kier molecular flexibility index (Phi) is 4.07. The summed E-state index contributed by atoms with van der Waals surface area (Å²) in [5.74, 6) is -0.586. The van der Waals surface area contributed by atoms with Crippen molar-refractivity contribution in [2.45, 2.75) is 71.8 Å². The zero-order valence-corrected chi connectivity index (χ0v) is 15.0. The zero-order valence-electron chi connectivity index (χ0n) is 15.0. The zero-order chi connectivity index (χ0) is 17.8. The van der Waals surface area contributed by atoms with Crippen LogP contribution in [-0.4, -0.2) is 22.3 Å². The molecule has 6 atom stereocenters. The Hall–Kier alpha value is -1.34. The number of nitriles is 1. The smallest absolute Gasteiger partial charge is 0.309 e. The van der Waals surface area contributed by atoms with E-state index in [1.54, 1.807) is 0 Å². The standard InChI is InChI=1S/C20H29NO3/c1-13-4-5-15-19(3)14(6-9-20(15,12-13)10-11-21)18(2,17(23)24)8-7-16(19)22/h12,14-16,22H,4-10H2,1-3H3,(H,23,24)/t14-,15+,16-,18+,19+,20-/m0/s1. The molecule has 0 aromatic rings. The van der Waals surface area contributed by atoms with E-state index in [0.717, 1.165) is 25.7 Å². The summed E-state index contributed by atoms with van der Waals surface area (Å²) in [5, 5.41) is 30.3. The van der Waals surface area contributed by atoms with Gasteiger partial charge < -0.3 is 10.2 Å². The fourth-order valence-electron chi connectivity index (χ4n) is 6.52. The number of carboxylic acids is 1. The van der Waals surface area contributed by atoms with Gasteiger partial charge in [0.15, 0.2) is 0 Å². The van der Waals surface area contributed by atoms with Crippen molar-refractivity contribution in [3.63, 3.8) is 0 Å². The molecule has 3 aliphatic rings. The molecule has 0 saturated heterocycles. The van der Waals surface area contributed by atoms with Gasteiger partial charge in [-0.3, -0.25) is 4.79 Å². The van der Waals surface area contributed by atoms with Gasteiger partial charge in [0.2, 0.25) is 0 Å². The van der Waals surface area contributed by atoms with Gasteiger partial charge in [-0.25, -0.2) is 0 Å². The van der Waals surface area contributed by atoms with Gasteiger partial charge in [0.25, 0.3) is 0 Å². The third-order valence-electron chi connectivity index (χ3n) is 7.78. The average molecular weight is 331 g/mol. The van der Waals surface area contributed by atoms with Crippen LogP contribution in [0.4, 0.5) is 0 Å². The number of aliphatic carboxylic acids is 1. The number of nitrogens with zero attached hydrogens (tertiary/aromatic N) is 1. The molecule has 0 aromatic carbocycles. The van der Waals surface area contributed by atoms with Gasteiger partial charge in [-0.15, -0.1) is 0 Å². The van der Waals surface area contributed by atoms with Crippen LogP contribution in [0.3, 0.4) is 0 Å². The number of fused-ring (bicyclic) bond motifs is 3. The number of aliphatic hydroxyl groups excluding tert-OH is 1. The van der Waals surface area contributed by atoms with Crippen molar-refractivity contribution in [2.24, 2.45) is 28.1 Å². The monoisotopic (exact) mass is 331 g/mol. The molecule has 0 radical (unpaired) electrons. The van der Waals surface area contributed by atoms with E-state index in [9.17, 15) is 20.3 Å². The van der Waals surface area contributed by atoms with Crippen molar-refractivity contribution < 1.29 is 15.0 Å². The van der Waals surface area contributed by atoms with Crippen LogP contribution in [0.5, 0.6) is 0 Å². The largest absolute Gasteiger partial charge is 0.481 e. The third kappa shape index (κ3) is 2.17. The first-order valence-corrected chi connectivity index (χ1v) is 9.17. The maximum atomic E-state index is 12.1. The van der Waals surface area contributed by atoms with Crippen molar-refractivity contribution in [3.05, 3.63) is 11.6 Å². The third-order valence-corrected chi connectivity index (χ3v) is 7.78. The summed E-state index contributed by atoms with van der Waals surface area (Å²) in [7, 11) is 0. The van der Waals surface area contributed by atoms with Crippen LogP contribution in [0.15, 0.2) is 11.6 Å². The first-order chi connectivity index (χ1) is 11.2. The second-order valence-electron chi connectivity index (χ2n) is 8.88. The van der Waals surface area contributed by atoms with E-state index < -0.39 is 22.9 Å². The van der Waals surface area contributed by atoms with Gasteiger partial charge in [0.05, 0.1) is 17.6 Å². The first-order valence-electron chi connectivity index (χ1n) is 9.17. The molecule has 132 valence electrons. The summed E-state index contributed by atoms with van der Waals surface area (Å²) < 4.78 is 0. The van der Waals surface area contributed by atoms with Crippen LogP contribution < -0.4 is 0 Å². The van der Waals surface area contributed by atoms with Crippen molar-refractivity contribution in [1.29, 1.82) is 5.26 Å². The van der Waals surface area contributed by atoms with Crippen LogP contribution in [0.25, 0.3) is 0 Å². The number of carboxylic acid groups (broad SMARTS) is 1. The summed E-state index contributed by atoms with van der Waals surface area (Å²) >= 11 is 0. The molecule has 2 saturated carbocycles. The molecule has 0 bridgehead atoms. The highest BCUT2D eigenvalue weighted by Gasteiger charge is 2.65. The quantitative estimate of drug-likeness (QED) is 0.752. The minimum Gasteiger partial charge on any atom is -0.481 e. The van der Waals surface area contributed by atoms with Crippen LogP contribution in [0.2, 0.25) is 0 Å². The molecule has 24 heavy (non-hydrogen) atoms. The SMILES string of the molecule is CC1=C[C@@]2(CC#N)CC[C@@H]3[C@@](C)([C@@H](O)CC[C@@]3(C)C(=O)O)[C@H]2CC1. The second-order valence-corrected chi connectivity index (χ2v) is 8.88. The Morgan fingerprint density at radius 2 is 2.00 bits per heavy atom. The minimum atomic E-state index is -0.775. The molecule has 2 fully saturated rings. The average Bonchev–Trinajstić information content (AvgIpc) is 2.51. The van der Waals surface area contributed by atoms with Crippen molar-refractivity contribution in [2.75, 3.05) is 0 Å². The van der Waals surface area contributed by atoms with E-state index in [-0.39, 0.29) is 17.3 Å². The van der Waals surface area contributed by atoms with Crippen LogP contribution in [0, 0.1) is 39.4 Å². The van der Waals surface area contributed by atoms with Crippen molar-refractivity contribution >= 4 is 5.97 Å². The van der Waals surface area contributed by atoms with E-state index in [4.69, 9.17) is 0 Å². The van der Waals surface area contributed by atoms with Crippen LogP contribution in [0.1, 0.15) is 65.7 Å². The molecule has 4 heteroatoms. The van der Waals surface area contributed by atoms with Gasteiger partial charge in [-0.05, 0) is 64.2 Å². The summed E-state index contributed by atoms with van der Waals surface area (Å²) in [6, 6.07) is 2.38. The molecule has 3 aliphatic carbocycles. The lowest BCUT2D eigenvalue weighted by Gasteiger charge is -2.64. The summed E-state index contributed by atoms with van der Waals surface area (Å²) in [4.78, 5) is 12.1. The molecule has 0 spiro atoms. The van der Waals surface area contributed by atoms with Crippen LogP contribution in [-0.2, 0) is 4.79 Å². The number of allylic oxidation sites excluding steroid dienone is 2. The van der Waals surface area contributed by atoms with Gasteiger partial charge in [0, 0.05) is 17.3 Å². The van der Waals surface area contributed by atoms with E-state index in [1.807, 2.05) is 6.92 Å². The molecule has 0 heterocycles. The summed E-state index contributed by atoms with van der Waals surface area (Å²) in [6.07, 6.45) is 6.91. The van der Waals surface area contributed by atoms with Gasteiger partial charge in [-0.2, -0.15) is 5.26 Å². The number of hydrogen-bond donors (Lipinski definition) is 2. The number of carbonyl (C=O) groups is 1. The maximum Gasteiger partial charge on any atom is 0.309 e. The van der Waals surface area contributed by atoms with E-state index in [2.05, 4.69) is 26.0 Å². The molecule has 4 nitrogen and oxygen atoms in total. The van der Waals surface area contributed by atoms with Crippen LogP contribution >= 0.6 is 0 Å². The molecule has 0 aliphatic heterocycles. The second kappa shape index (κ2) is 5.59. The summed E-state index contributed by atoms with van der Waals surface area (Å²) in [5.41, 5.74) is -0.0735. The Bertz CT molecular complexity index is 621. The summed E-state index contributed by atoms with van der Waals surface area (Å²) in [6.45, 7) is 6.10. The lowest BCUT2D eigenvalue weighted by atomic mass is 9.40. The lowest BCUT2D eigenvalue weighted by Crippen LogP contribution is -2.63. The van der Waals surface area contributed by atoms with Gasteiger partial charge in [0.1, 0.15) is 0 Å². The van der Waals surface area contributed by atoms with E-state index in [0.29, 0.717) is 19.3 Å². The first kappa shape index (κ1) is 17.5. The highest BCUT2D eigenvalue weighted by molar-refractivity contribution is 5.75. The van der Waals surface area contributed by atoms with E-state index >= 15 is 0 Å². The van der Waals surface area contributed by atoms with E-state index in [1.165, 1.54) is 5.57 Å². The predicted octanol–water partition coefficient (Wildman–Crippen LogP) is 3.90. The maximum absolute atomic E-state index is 12.1. The molecule has 0 aromatic heterocycles. The molecular formula is C20H29NO3. The molecule has 0 unspecified atom stereocenters. The topological polar surface area (TPSA) is 81.3 Å². The normalized spacial score (nSPS) is 47.8. The van der Waals surface area contributed by atoms with Gasteiger partial charge in [-0.1, -0.05) is 18.6 Å². The highest BCUT2D eigenvalue weighted by atomic mass is 16.4. The fraction of sp³-hybridized carbons (Fsp3) is 0.800. The fourth-order valence-corrected chi connectivity index (χ4v) is 6.52. The minimum absolute atomic E-state index is 0.0325. The highest BCUT2D eigenvalue weighted by Crippen LogP contribution is 2.67. The molecule has 2 N–H and O–H groups in total. The van der Waals surface area contributed by atoms with Crippen molar-refractivity contribution in [1.82, 2.24) is 0 Å². The number of hydrogen-bond acceptors (Lipinski definition) is 3. The van der Waals surface area contributed by atoms with Gasteiger partial charge >= 0.3 is 5.97 Å². The molecule has 3 rings (SSSR count). The Morgan fingerprint density at radius 1 is 1.29 bits per heavy atom. The lowest BCUT2D eigenvalue weighted by molar-refractivity contribution is -0.202. The molecule has 0 amide bonds. The Labute approximate surface area is 144 Å². The Morgan fingerprint density at radius 3 is 2.62 bits per heavy atom. The number of rotatable bonds is 2. The van der Waals surface area contributed by atoms with Crippen molar-refractivity contribution in [3.8, 4) is 6.07 Å². The predicted molar refractivity (Wildman–Crippen MR) is 91.0 cm³/mol. The number of aliphatic hydroxyl groups is 1. The molecular weight excluding hydrogens is 302 g/mol. The Balaban J connectivity index is 2.11.